The van der Waals surface area contributed by atoms with Crippen LogP contribution >= 0.6 is 27.5 Å². The molecule has 18 heavy (non-hydrogen) atoms. The number of hydrogen-bond acceptors (Lipinski definition) is 2. The van der Waals surface area contributed by atoms with E-state index >= 15 is 0 Å². The molecule has 0 aliphatic carbocycles. The minimum atomic E-state index is -0.0954. The first-order chi connectivity index (χ1) is 8.32. The molecule has 3 nitrogen and oxygen atoms in total. The van der Waals surface area contributed by atoms with Crippen LogP contribution in [0.5, 0.6) is 0 Å². The largest absolute Gasteiger partial charge is 0.339 e. The van der Waals surface area contributed by atoms with Crippen molar-refractivity contribution in [1.29, 1.82) is 0 Å². The van der Waals surface area contributed by atoms with E-state index in [4.69, 9.17) is 11.6 Å². The van der Waals surface area contributed by atoms with E-state index in [0.717, 1.165) is 10.9 Å². The average Bonchev–Trinajstić information content (AvgIpc) is 2.29. The van der Waals surface area contributed by atoms with Gasteiger partial charge < -0.3 is 4.90 Å². The average molecular weight is 334 g/mol. The van der Waals surface area contributed by atoms with Crippen molar-refractivity contribution in [3.8, 4) is 0 Å². The van der Waals surface area contributed by atoms with Crippen LogP contribution in [0.25, 0.3) is 0 Å². The fourth-order valence-corrected chi connectivity index (χ4v) is 2.32. The quantitative estimate of drug-likeness (QED) is 0.780. The Bertz CT molecular complexity index is 437. The standard InChI is InChI=1S/C13H18BrClN2O/c1-8(2)5-9(3)17(4)13(18)11-6-10(14)7-16-12(11)15/h6-9H,5H2,1-4H3. The molecule has 1 aromatic heterocycles. The zero-order valence-corrected chi connectivity index (χ0v) is 13.4. The number of hydrogen-bond donors (Lipinski definition) is 0. The summed E-state index contributed by atoms with van der Waals surface area (Å²) in [7, 11) is 1.80. The summed E-state index contributed by atoms with van der Waals surface area (Å²) in [6, 6.07) is 1.88. The second-order valence-electron chi connectivity index (χ2n) is 4.89. The molecule has 1 heterocycles. The van der Waals surface area contributed by atoms with Crippen molar-refractivity contribution < 1.29 is 4.79 Å². The molecule has 0 spiro atoms. The van der Waals surface area contributed by atoms with Crippen molar-refractivity contribution in [3.05, 3.63) is 27.5 Å². The Labute approximate surface area is 122 Å². The molecule has 5 heteroatoms. The predicted octanol–water partition coefficient (Wildman–Crippen LogP) is 4.00. The SMILES string of the molecule is CC(C)CC(C)N(C)C(=O)c1cc(Br)cnc1Cl. The van der Waals surface area contributed by atoms with Gasteiger partial charge in [-0.3, -0.25) is 4.79 Å². The van der Waals surface area contributed by atoms with Crippen LogP contribution in [0.4, 0.5) is 0 Å². The summed E-state index contributed by atoms with van der Waals surface area (Å²) < 4.78 is 0.750. The molecule has 1 aromatic rings. The molecule has 0 saturated carbocycles. The van der Waals surface area contributed by atoms with Gasteiger partial charge in [-0.2, -0.15) is 0 Å². The monoisotopic (exact) mass is 332 g/mol. The minimum Gasteiger partial charge on any atom is -0.339 e. The summed E-state index contributed by atoms with van der Waals surface area (Å²) in [5.41, 5.74) is 0.434. The molecule has 1 unspecified atom stereocenters. The molecular weight excluding hydrogens is 316 g/mol. The van der Waals surface area contributed by atoms with E-state index in [2.05, 4.69) is 34.8 Å². The van der Waals surface area contributed by atoms with Gasteiger partial charge in [-0.1, -0.05) is 25.4 Å². The topological polar surface area (TPSA) is 33.2 Å². The van der Waals surface area contributed by atoms with Crippen LogP contribution in [0.2, 0.25) is 5.15 Å². The first-order valence-corrected chi connectivity index (χ1v) is 7.08. The molecule has 1 rings (SSSR count). The van der Waals surface area contributed by atoms with E-state index in [-0.39, 0.29) is 17.1 Å². The number of carbonyl (C=O) groups excluding carboxylic acids is 1. The molecule has 0 bridgehead atoms. The lowest BCUT2D eigenvalue weighted by atomic mass is 10.0. The van der Waals surface area contributed by atoms with Crippen molar-refractivity contribution >= 4 is 33.4 Å². The summed E-state index contributed by atoms with van der Waals surface area (Å²) in [6.07, 6.45) is 2.54. The summed E-state index contributed by atoms with van der Waals surface area (Å²) in [6.45, 7) is 6.32. The Balaban J connectivity index is 2.89. The van der Waals surface area contributed by atoms with Crippen LogP contribution in [-0.4, -0.2) is 28.9 Å². The van der Waals surface area contributed by atoms with Crippen LogP contribution in [0.3, 0.4) is 0 Å². The van der Waals surface area contributed by atoms with Gasteiger partial charge in [-0.15, -0.1) is 0 Å². The van der Waals surface area contributed by atoms with Gasteiger partial charge in [0.2, 0.25) is 0 Å². The van der Waals surface area contributed by atoms with Crippen molar-refractivity contribution in [2.45, 2.75) is 33.2 Å². The first-order valence-electron chi connectivity index (χ1n) is 5.91. The molecule has 1 atom stereocenters. The summed E-state index contributed by atoms with van der Waals surface area (Å²) in [5, 5.41) is 0.242. The van der Waals surface area contributed by atoms with Crippen LogP contribution in [0, 0.1) is 5.92 Å². The molecule has 0 aromatic carbocycles. The van der Waals surface area contributed by atoms with Gasteiger partial charge in [0.1, 0.15) is 5.15 Å². The molecule has 0 N–H and O–H groups in total. The van der Waals surface area contributed by atoms with Gasteiger partial charge in [-0.25, -0.2) is 4.98 Å². The Kier molecular flexibility index (Phi) is 5.60. The van der Waals surface area contributed by atoms with Gasteiger partial charge >= 0.3 is 0 Å². The Morgan fingerprint density at radius 3 is 2.67 bits per heavy atom. The molecule has 1 amide bonds. The van der Waals surface area contributed by atoms with E-state index in [1.807, 2.05) is 6.92 Å². The van der Waals surface area contributed by atoms with E-state index in [1.165, 1.54) is 0 Å². The predicted molar refractivity (Wildman–Crippen MR) is 78.0 cm³/mol. The maximum absolute atomic E-state index is 12.3. The van der Waals surface area contributed by atoms with Gasteiger partial charge in [0.05, 0.1) is 5.56 Å². The Morgan fingerprint density at radius 2 is 2.11 bits per heavy atom. The number of amides is 1. The zero-order chi connectivity index (χ0) is 13.9. The molecule has 0 aliphatic heterocycles. The normalized spacial score (nSPS) is 12.6. The van der Waals surface area contributed by atoms with E-state index in [9.17, 15) is 4.79 Å². The Morgan fingerprint density at radius 1 is 1.50 bits per heavy atom. The number of aromatic nitrogens is 1. The highest BCUT2D eigenvalue weighted by molar-refractivity contribution is 9.10. The maximum Gasteiger partial charge on any atom is 0.257 e. The molecule has 100 valence electrons. The molecule has 0 saturated heterocycles. The third kappa shape index (κ3) is 3.95. The molecule has 0 radical (unpaired) electrons. The smallest absolute Gasteiger partial charge is 0.257 e. The summed E-state index contributed by atoms with van der Waals surface area (Å²) in [5.74, 6) is 0.452. The molecule has 0 aliphatic rings. The molecular formula is C13H18BrClN2O. The van der Waals surface area contributed by atoms with E-state index < -0.39 is 0 Å². The highest BCUT2D eigenvalue weighted by atomic mass is 79.9. The van der Waals surface area contributed by atoms with Crippen molar-refractivity contribution in [2.75, 3.05) is 7.05 Å². The fraction of sp³-hybridized carbons (Fsp3) is 0.538. The Hall–Kier alpha value is -0.610. The van der Waals surface area contributed by atoms with Crippen molar-refractivity contribution in [1.82, 2.24) is 9.88 Å². The number of rotatable bonds is 4. The van der Waals surface area contributed by atoms with Crippen LogP contribution in [-0.2, 0) is 0 Å². The van der Waals surface area contributed by atoms with Crippen molar-refractivity contribution in [3.63, 3.8) is 0 Å². The van der Waals surface area contributed by atoms with Gasteiger partial charge in [0.15, 0.2) is 0 Å². The van der Waals surface area contributed by atoms with Gasteiger partial charge in [-0.05, 0) is 41.3 Å². The molecule has 0 fully saturated rings. The highest BCUT2D eigenvalue weighted by Gasteiger charge is 2.21. The third-order valence-corrected chi connectivity index (χ3v) is 3.56. The second-order valence-corrected chi connectivity index (χ2v) is 6.16. The lowest BCUT2D eigenvalue weighted by Crippen LogP contribution is -2.36. The minimum absolute atomic E-state index is 0.0954. The summed E-state index contributed by atoms with van der Waals surface area (Å²) >= 11 is 9.27. The maximum atomic E-state index is 12.3. The lowest BCUT2D eigenvalue weighted by Gasteiger charge is -2.26. The van der Waals surface area contributed by atoms with Crippen LogP contribution < -0.4 is 0 Å². The summed E-state index contributed by atoms with van der Waals surface area (Å²) in [4.78, 5) is 18.0. The van der Waals surface area contributed by atoms with Crippen LogP contribution in [0.15, 0.2) is 16.7 Å². The second kappa shape index (κ2) is 6.53. The lowest BCUT2D eigenvalue weighted by molar-refractivity contribution is 0.0728. The fourth-order valence-electron chi connectivity index (χ4n) is 1.80. The number of nitrogens with zero attached hydrogens (tertiary/aromatic N) is 2. The van der Waals surface area contributed by atoms with Gasteiger partial charge in [0, 0.05) is 23.8 Å². The third-order valence-electron chi connectivity index (χ3n) is 2.83. The van der Waals surface area contributed by atoms with Crippen LogP contribution in [0.1, 0.15) is 37.6 Å². The van der Waals surface area contributed by atoms with E-state index in [1.54, 1.807) is 24.2 Å². The number of halogens is 2. The first kappa shape index (κ1) is 15.4. The van der Waals surface area contributed by atoms with Gasteiger partial charge in [0.25, 0.3) is 5.91 Å². The van der Waals surface area contributed by atoms with Crippen molar-refractivity contribution in [2.24, 2.45) is 5.92 Å². The highest BCUT2D eigenvalue weighted by Crippen LogP contribution is 2.21. The number of carbonyl (C=O) groups is 1. The van der Waals surface area contributed by atoms with E-state index in [0.29, 0.717) is 11.5 Å². The number of pyridine rings is 1. The zero-order valence-electron chi connectivity index (χ0n) is 11.1.